The molecule has 0 unspecified atom stereocenters. The molecule has 2 aromatic heterocycles. The molecule has 0 spiro atoms. The summed E-state index contributed by atoms with van der Waals surface area (Å²) < 4.78 is 1.45. The third-order valence-electron chi connectivity index (χ3n) is 6.87. The molecule has 3 N–H and O–H groups in total. The van der Waals surface area contributed by atoms with Crippen molar-refractivity contribution < 1.29 is 14.7 Å². The van der Waals surface area contributed by atoms with Crippen molar-refractivity contribution in [2.75, 3.05) is 5.32 Å². The van der Waals surface area contributed by atoms with Crippen LogP contribution < -0.4 is 10.6 Å². The molecule has 1 aliphatic rings. The van der Waals surface area contributed by atoms with Crippen LogP contribution >= 0.6 is 0 Å². The van der Waals surface area contributed by atoms with E-state index in [0.717, 1.165) is 42.5 Å². The fraction of sp³-hybridized carbons (Fsp3) is 0.241. The molecule has 37 heavy (non-hydrogen) atoms. The molecule has 0 saturated heterocycles. The molecular weight excluding hydrogens is 466 g/mol. The van der Waals surface area contributed by atoms with Crippen LogP contribution in [-0.4, -0.2) is 31.8 Å². The second kappa shape index (κ2) is 10.7. The highest BCUT2D eigenvalue weighted by Crippen LogP contribution is 2.38. The Morgan fingerprint density at radius 3 is 2.51 bits per heavy atom. The van der Waals surface area contributed by atoms with E-state index in [1.165, 1.54) is 10.7 Å². The van der Waals surface area contributed by atoms with Gasteiger partial charge in [0.15, 0.2) is 0 Å². The fourth-order valence-electron chi connectivity index (χ4n) is 4.79. The lowest BCUT2D eigenvalue weighted by molar-refractivity contribution is 0.102. The summed E-state index contributed by atoms with van der Waals surface area (Å²) in [7, 11) is 0. The Balaban J connectivity index is 1.39. The number of rotatable bonds is 6. The van der Waals surface area contributed by atoms with Crippen molar-refractivity contribution in [3.8, 4) is 17.0 Å². The smallest absolute Gasteiger partial charge is 0.342 e. The molecule has 2 aromatic carbocycles. The van der Waals surface area contributed by atoms with Gasteiger partial charge in [-0.3, -0.25) is 9.78 Å². The first kappa shape index (κ1) is 24.2. The zero-order valence-corrected chi connectivity index (χ0v) is 20.6. The number of aryl methyl sites for hydroxylation is 1. The van der Waals surface area contributed by atoms with Gasteiger partial charge in [0.25, 0.3) is 5.91 Å². The summed E-state index contributed by atoms with van der Waals surface area (Å²) in [5.74, 6) is -0.0883. The Hall–Kier alpha value is -4.46. The molecule has 0 aliphatic heterocycles. The number of aromatic hydroxyl groups is 1. The van der Waals surface area contributed by atoms with E-state index in [1.54, 1.807) is 36.7 Å². The lowest BCUT2D eigenvalue weighted by Crippen LogP contribution is -2.31. The maximum atomic E-state index is 13.2. The van der Waals surface area contributed by atoms with Gasteiger partial charge in [-0.05, 0) is 61.2 Å². The average molecular weight is 496 g/mol. The largest absolute Gasteiger partial charge is 0.507 e. The van der Waals surface area contributed by atoms with Gasteiger partial charge in [0.2, 0.25) is 0 Å². The zero-order valence-electron chi connectivity index (χ0n) is 20.6. The van der Waals surface area contributed by atoms with Crippen LogP contribution in [0.3, 0.4) is 0 Å². The Bertz CT molecular complexity index is 1420. The molecule has 4 aromatic rings. The van der Waals surface area contributed by atoms with Crippen molar-refractivity contribution in [2.45, 2.75) is 45.1 Å². The van der Waals surface area contributed by atoms with Crippen LogP contribution in [0.4, 0.5) is 10.5 Å². The van der Waals surface area contributed by atoms with Crippen LogP contribution in [0.15, 0.2) is 73.1 Å². The summed E-state index contributed by atoms with van der Waals surface area (Å²) >= 11 is 0. The van der Waals surface area contributed by atoms with Gasteiger partial charge < -0.3 is 15.7 Å². The normalized spacial score (nSPS) is 13.4. The minimum Gasteiger partial charge on any atom is -0.507 e. The third kappa shape index (κ3) is 5.38. The van der Waals surface area contributed by atoms with Gasteiger partial charge in [-0.15, -0.1) is 0 Å². The van der Waals surface area contributed by atoms with Crippen molar-refractivity contribution in [3.63, 3.8) is 0 Å². The van der Waals surface area contributed by atoms with Crippen molar-refractivity contribution in [1.29, 1.82) is 0 Å². The number of carbonyl (C=O) groups is 2. The number of benzene rings is 2. The Morgan fingerprint density at radius 1 is 1.03 bits per heavy atom. The monoisotopic (exact) mass is 495 g/mol. The highest BCUT2D eigenvalue weighted by molar-refractivity contribution is 6.04. The molecule has 2 heterocycles. The van der Waals surface area contributed by atoms with Crippen LogP contribution in [-0.2, 0) is 6.54 Å². The Kier molecular flexibility index (Phi) is 6.98. The first-order chi connectivity index (χ1) is 18.0. The maximum Gasteiger partial charge on any atom is 0.342 e. The number of nitrogens with one attached hydrogen (secondary N) is 2. The van der Waals surface area contributed by atoms with Gasteiger partial charge in [-0.1, -0.05) is 37.1 Å². The predicted molar refractivity (Wildman–Crippen MR) is 142 cm³/mol. The number of nitrogens with zero attached hydrogens (tertiary/aromatic N) is 3. The van der Waals surface area contributed by atoms with E-state index < -0.39 is 0 Å². The maximum absolute atomic E-state index is 13.2. The SMILES string of the molecule is Cc1ccccc1CNC(=O)n1nc(-c2ccc(NC(=O)c3ccncc3)cc2O)cc1C1CCCC1. The zero-order chi connectivity index (χ0) is 25.8. The first-order valence-electron chi connectivity index (χ1n) is 12.5. The topological polar surface area (TPSA) is 109 Å². The second-order valence-corrected chi connectivity index (χ2v) is 9.35. The van der Waals surface area contributed by atoms with E-state index in [2.05, 4.69) is 20.7 Å². The van der Waals surface area contributed by atoms with Gasteiger partial charge in [-0.25, -0.2) is 4.79 Å². The molecule has 8 nitrogen and oxygen atoms in total. The minimum absolute atomic E-state index is 0.0320. The first-order valence-corrected chi connectivity index (χ1v) is 12.5. The Labute approximate surface area is 215 Å². The van der Waals surface area contributed by atoms with Gasteiger partial charge in [-0.2, -0.15) is 9.78 Å². The van der Waals surface area contributed by atoms with E-state index in [4.69, 9.17) is 0 Å². The minimum atomic E-state index is -0.298. The van der Waals surface area contributed by atoms with Crippen molar-refractivity contribution in [3.05, 3.63) is 95.4 Å². The van der Waals surface area contributed by atoms with Crippen LogP contribution in [0.5, 0.6) is 5.75 Å². The second-order valence-electron chi connectivity index (χ2n) is 9.35. The van der Waals surface area contributed by atoms with Crippen LogP contribution in [0.25, 0.3) is 11.3 Å². The number of aromatic nitrogens is 3. The number of hydrogen-bond donors (Lipinski definition) is 3. The number of hydrogen-bond acceptors (Lipinski definition) is 5. The predicted octanol–water partition coefficient (Wildman–Crippen LogP) is 5.63. The van der Waals surface area contributed by atoms with Gasteiger partial charge in [0.05, 0.1) is 11.4 Å². The number of carbonyl (C=O) groups excluding carboxylic acids is 2. The molecule has 0 radical (unpaired) electrons. The molecule has 2 amide bonds. The standard InChI is InChI=1S/C29H29N5O3/c1-19-6-2-3-9-22(19)18-31-29(37)34-26(20-7-4-5-8-20)17-25(33-34)24-11-10-23(16-27(24)35)32-28(36)21-12-14-30-15-13-21/h2-3,6,9-17,20,35H,4-5,7-8,18H2,1H3,(H,31,37)(H,32,36). The van der Waals surface area contributed by atoms with E-state index >= 15 is 0 Å². The van der Waals surface area contributed by atoms with Gasteiger partial charge in [0, 0.05) is 47.7 Å². The molecule has 8 heteroatoms. The van der Waals surface area contributed by atoms with Crippen molar-refractivity contribution >= 4 is 17.6 Å². The molecule has 1 aliphatic carbocycles. The molecular formula is C29H29N5O3. The quantitative estimate of drug-likeness (QED) is 0.321. The lowest BCUT2D eigenvalue weighted by Gasteiger charge is -2.13. The van der Waals surface area contributed by atoms with E-state index in [-0.39, 0.29) is 23.6 Å². The number of phenols is 1. The summed E-state index contributed by atoms with van der Waals surface area (Å²) in [5, 5.41) is 21.2. The highest BCUT2D eigenvalue weighted by atomic mass is 16.3. The summed E-state index contributed by atoms with van der Waals surface area (Å²) in [6.45, 7) is 2.42. The molecule has 1 fully saturated rings. The number of anilines is 1. The lowest BCUT2D eigenvalue weighted by atomic mass is 10.0. The Morgan fingerprint density at radius 2 is 1.78 bits per heavy atom. The van der Waals surface area contributed by atoms with E-state index in [9.17, 15) is 14.7 Å². The van der Waals surface area contributed by atoms with Gasteiger partial charge >= 0.3 is 6.03 Å². The molecule has 1 saturated carbocycles. The van der Waals surface area contributed by atoms with Crippen LogP contribution in [0, 0.1) is 6.92 Å². The average Bonchev–Trinajstić information content (AvgIpc) is 3.59. The van der Waals surface area contributed by atoms with E-state index in [1.807, 2.05) is 37.3 Å². The summed E-state index contributed by atoms with van der Waals surface area (Å²) in [5.41, 5.74) is 4.94. The highest BCUT2D eigenvalue weighted by Gasteiger charge is 2.26. The van der Waals surface area contributed by atoms with Crippen LogP contribution in [0.1, 0.15) is 58.8 Å². The van der Waals surface area contributed by atoms with Crippen molar-refractivity contribution in [2.24, 2.45) is 0 Å². The summed E-state index contributed by atoms with van der Waals surface area (Å²) in [6.07, 6.45) is 7.33. The van der Waals surface area contributed by atoms with E-state index in [0.29, 0.717) is 29.1 Å². The molecule has 0 atom stereocenters. The number of pyridine rings is 1. The molecule has 188 valence electrons. The number of phenolic OH excluding ortho intramolecular Hbond substituents is 1. The van der Waals surface area contributed by atoms with Crippen LogP contribution in [0.2, 0.25) is 0 Å². The van der Waals surface area contributed by atoms with Gasteiger partial charge in [0.1, 0.15) is 5.75 Å². The fourth-order valence-corrected chi connectivity index (χ4v) is 4.79. The number of amides is 2. The van der Waals surface area contributed by atoms with Crippen molar-refractivity contribution in [1.82, 2.24) is 20.1 Å². The summed E-state index contributed by atoms with van der Waals surface area (Å²) in [6, 6.07) is 17.7. The molecule has 5 rings (SSSR count). The summed E-state index contributed by atoms with van der Waals surface area (Å²) in [4.78, 5) is 29.6. The molecule has 0 bridgehead atoms. The third-order valence-corrected chi connectivity index (χ3v) is 6.87.